The molecule has 414 valence electrons. The molecule has 0 saturated heterocycles. The first-order chi connectivity index (χ1) is 32.7. The molecule has 0 saturated carbocycles. The number of nitrogens with one attached hydrogen (secondary N) is 2. The SMILES string of the molecule is CO[CH-]C(COP(=O)([O-])OC(COP(=O)([O-])OCCCCCCCC(=O)C(CCCCNC(=O)OCCOCCCO)NC(=O)OCCOCCCO)C(C)OC)OP(=O)([O-])OCC(O)C(C)OC.[U]. The van der Waals surface area contributed by atoms with Crippen molar-refractivity contribution in [2.24, 2.45) is 0 Å². The van der Waals surface area contributed by atoms with Crippen molar-refractivity contribution in [3.8, 4) is 0 Å². The quantitative estimate of drug-likeness (QED) is 0.0324. The number of hydrogen-bond acceptors (Lipinski definition) is 25. The van der Waals surface area contributed by atoms with Crippen LogP contribution in [-0.4, -0.2) is 177 Å². The summed E-state index contributed by atoms with van der Waals surface area (Å²) in [4.78, 5) is 75.0. The van der Waals surface area contributed by atoms with Gasteiger partial charge in [0.1, 0.15) is 25.4 Å². The van der Waals surface area contributed by atoms with Gasteiger partial charge in [-0.3, -0.25) is 18.5 Å². The number of hydrogen-bond donors (Lipinski definition) is 5. The summed E-state index contributed by atoms with van der Waals surface area (Å²) in [5, 5.41) is 32.7. The number of ether oxygens (including phenoxy) is 7. The summed E-state index contributed by atoms with van der Waals surface area (Å²) < 4.78 is 102. The Labute approximate surface area is 434 Å². The normalized spacial score (nSPS) is 16.8. The second-order valence-electron chi connectivity index (χ2n) is 14.9. The Bertz CT molecular complexity index is 1500. The van der Waals surface area contributed by atoms with Crippen LogP contribution < -0.4 is 25.3 Å². The fourth-order valence-corrected chi connectivity index (χ4v) is 7.84. The Morgan fingerprint density at radius 3 is 1.77 bits per heavy atom. The van der Waals surface area contributed by atoms with Gasteiger partial charge in [-0.1, -0.05) is 19.3 Å². The Balaban J connectivity index is 0. The standard InChI is InChI=1S/C39H78N2O25P3.U/c1-31(55-4)36(45)29-63-68(50,51)65-33(27-54-3)28-62-69(52,53)66-37(32(2)56-5)30-64-67(48,49)61-22-12-8-6-7-9-16-35(44)34(41-39(47)60-26-24-58-21-14-19-43)15-10-11-17-40-38(46)59-25-23-57-20-13-18-42;/h27,31-34,36-37,42-43,45H,6-26,28-30H2,1-5H3,(H,40,46)(H,41,47)(H,48,49)(H,50,51)(H,52,53);/q-1;/p-3. The van der Waals surface area contributed by atoms with Gasteiger partial charge in [-0.2, -0.15) is 6.61 Å². The predicted molar refractivity (Wildman–Crippen MR) is 236 cm³/mol. The van der Waals surface area contributed by atoms with E-state index in [1.807, 2.05) is 0 Å². The number of phosphoric acid groups is 3. The van der Waals surface area contributed by atoms with Crippen LogP contribution in [-0.2, 0) is 78.8 Å². The van der Waals surface area contributed by atoms with E-state index >= 15 is 0 Å². The van der Waals surface area contributed by atoms with Crippen LogP contribution in [0.3, 0.4) is 0 Å². The maximum absolute atomic E-state index is 13.2. The molecule has 0 fully saturated rings. The number of methoxy groups -OCH3 is 3. The van der Waals surface area contributed by atoms with Crippen molar-refractivity contribution in [2.75, 3.05) is 107 Å². The monoisotopic (exact) mass is 1300 g/mol. The van der Waals surface area contributed by atoms with Gasteiger partial charge in [-0.05, 0) is 72.0 Å². The molecule has 5 N–H and O–H groups in total. The van der Waals surface area contributed by atoms with Crippen LogP contribution in [0.15, 0.2) is 0 Å². The number of aliphatic hydroxyl groups excluding tert-OH is 3. The minimum absolute atomic E-state index is 0. The second kappa shape index (κ2) is 43.5. The molecule has 0 radical (unpaired) electrons. The Morgan fingerprint density at radius 1 is 0.614 bits per heavy atom. The van der Waals surface area contributed by atoms with Crippen molar-refractivity contribution < 1.29 is 149 Å². The summed E-state index contributed by atoms with van der Waals surface area (Å²) in [5.74, 6) is -0.233. The summed E-state index contributed by atoms with van der Waals surface area (Å²) >= 11 is 0. The van der Waals surface area contributed by atoms with E-state index in [4.69, 9.17) is 66.0 Å². The molecule has 2 amide bonds. The number of carbonyl (C=O) groups excluding carboxylic acids is 3. The largest absolute Gasteiger partial charge is 0.756 e. The molecule has 0 bridgehead atoms. The molecule has 0 heterocycles. The van der Waals surface area contributed by atoms with Crippen molar-refractivity contribution in [3.63, 3.8) is 0 Å². The van der Waals surface area contributed by atoms with Crippen LogP contribution in [0.2, 0.25) is 0 Å². The van der Waals surface area contributed by atoms with Crippen LogP contribution >= 0.6 is 23.5 Å². The van der Waals surface area contributed by atoms with E-state index in [2.05, 4.69) is 15.2 Å². The summed E-state index contributed by atoms with van der Waals surface area (Å²) in [5.41, 5.74) is 0. The number of aliphatic hydroxyl groups is 3. The molecule has 9 unspecified atom stereocenters. The predicted octanol–water partition coefficient (Wildman–Crippen LogP) is 1.17. The molecule has 70 heavy (non-hydrogen) atoms. The van der Waals surface area contributed by atoms with E-state index in [9.17, 15) is 47.9 Å². The molecule has 0 aromatic rings. The van der Waals surface area contributed by atoms with Gasteiger partial charge in [0.25, 0.3) is 23.5 Å². The first kappa shape index (κ1) is 71.3. The molecule has 27 nitrogen and oxygen atoms in total. The van der Waals surface area contributed by atoms with Crippen LogP contribution in [0.1, 0.15) is 84.5 Å². The Kier molecular flexibility index (Phi) is 44.3. The molecule has 0 aromatic heterocycles. The summed E-state index contributed by atoms with van der Waals surface area (Å²) in [6.45, 7) is 1.81. The number of amides is 2. The van der Waals surface area contributed by atoms with E-state index < -0.39 is 92.0 Å². The summed E-state index contributed by atoms with van der Waals surface area (Å²) in [7, 11) is -11.9. The molecule has 0 aliphatic heterocycles. The van der Waals surface area contributed by atoms with Gasteiger partial charge in [0.15, 0.2) is 5.78 Å². The molecular formula is C39H75N2O25P3U-4. The van der Waals surface area contributed by atoms with Gasteiger partial charge < -0.3 is 101 Å². The smallest absolute Gasteiger partial charge is 0.407 e. The van der Waals surface area contributed by atoms with Gasteiger partial charge in [-0.25, -0.2) is 9.59 Å². The molecule has 0 aliphatic carbocycles. The van der Waals surface area contributed by atoms with Gasteiger partial charge in [0.05, 0.1) is 57.9 Å². The van der Waals surface area contributed by atoms with Crippen LogP contribution in [0.25, 0.3) is 0 Å². The van der Waals surface area contributed by atoms with Crippen LogP contribution in [0.5, 0.6) is 0 Å². The Morgan fingerprint density at radius 2 is 1.17 bits per heavy atom. The number of unbranched alkanes of at least 4 members (excludes halogenated alkanes) is 5. The average Bonchev–Trinajstić information content (AvgIpc) is 3.30. The third kappa shape index (κ3) is 39.7. The topological polar surface area (TPSA) is 376 Å². The van der Waals surface area contributed by atoms with E-state index in [-0.39, 0.29) is 109 Å². The molecule has 31 heteroatoms. The van der Waals surface area contributed by atoms with Gasteiger partial charge in [-0.15, -0.1) is 0 Å². The minimum Gasteiger partial charge on any atom is -0.756 e. The molecule has 0 rings (SSSR count). The molecular weight excluding hydrogens is 1230 g/mol. The van der Waals surface area contributed by atoms with Crippen molar-refractivity contribution >= 4 is 41.4 Å². The van der Waals surface area contributed by atoms with Crippen molar-refractivity contribution in [1.29, 1.82) is 0 Å². The van der Waals surface area contributed by atoms with Crippen LogP contribution in [0, 0.1) is 37.7 Å². The van der Waals surface area contributed by atoms with Crippen molar-refractivity contribution in [2.45, 2.75) is 121 Å². The third-order valence-electron chi connectivity index (χ3n) is 9.32. The third-order valence-corrected chi connectivity index (χ3v) is 12.3. The fraction of sp³-hybridized carbons (Fsp3) is 0.897. The first-order valence-electron chi connectivity index (χ1n) is 22.5. The number of ketones is 1. The number of carbonyl (C=O) groups is 3. The number of Topliss-reactive ketones (excluding diaryl/α,β-unsaturated/α-hetero) is 1. The summed E-state index contributed by atoms with van der Waals surface area (Å²) in [6, 6.07) is -0.864. The van der Waals surface area contributed by atoms with Gasteiger partial charge >= 0.3 is 12.2 Å². The summed E-state index contributed by atoms with van der Waals surface area (Å²) in [6.07, 6.45) is -3.24. The van der Waals surface area contributed by atoms with E-state index in [0.29, 0.717) is 64.6 Å². The fourth-order valence-electron chi connectivity index (χ4n) is 5.29. The van der Waals surface area contributed by atoms with Crippen molar-refractivity contribution in [1.82, 2.24) is 10.6 Å². The molecule has 0 spiro atoms. The number of rotatable bonds is 47. The minimum atomic E-state index is -5.34. The first-order valence-corrected chi connectivity index (χ1v) is 26.8. The Hall–Kier alpha value is -0.728. The maximum Gasteiger partial charge on any atom is 0.407 e. The van der Waals surface area contributed by atoms with E-state index in [1.165, 1.54) is 28.1 Å². The van der Waals surface area contributed by atoms with Gasteiger partial charge in [0.2, 0.25) is 0 Å². The van der Waals surface area contributed by atoms with Crippen LogP contribution in [0.4, 0.5) is 9.59 Å². The number of phosphoric ester groups is 3. The molecule has 0 aliphatic rings. The zero-order valence-electron chi connectivity index (χ0n) is 40.7. The van der Waals surface area contributed by atoms with Gasteiger partial charge in [0, 0.05) is 84.7 Å². The number of alkyl carbamates (subject to hydrolysis) is 2. The van der Waals surface area contributed by atoms with E-state index in [1.54, 1.807) is 0 Å². The maximum atomic E-state index is 13.2. The second-order valence-corrected chi connectivity index (χ2v) is 19.1. The molecule has 9 atom stereocenters. The zero-order chi connectivity index (χ0) is 52.0. The van der Waals surface area contributed by atoms with Crippen molar-refractivity contribution in [3.05, 3.63) is 6.61 Å². The van der Waals surface area contributed by atoms with E-state index in [0.717, 1.165) is 13.7 Å². The molecule has 0 aromatic carbocycles. The zero-order valence-corrected chi connectivity index (χ0v) is 47.5. The average molecular weight is 1300 g/mol.